The van der Waals surface area contributed by atoms with E-state index in [0.29, 0.717) is 12.6 Å². The molecule has 0 amide bonds. The lowest BCUT2D eigenvalue weighted by molar-refractivity contribution is 0.527. The van der Waals surface area contributed by atoms with Crippen LogP contribution in [0.3, 0.4) is 0 Å². The van der Waals surface area contributed by atoms with Gasteiger partial charge in [-0.3, -0.25) is 0 Å². The molecule has 0 unspecified atom stereocenters. The lowest BCUT2D eigenvalue weighted by atomic mass is 10.1. The van der Waals surface area contributed by atoms with E-state index in [4.69, 9.17) is 17.3 Å². The molecule has 0 spiro atoms. The molecule has 0 bridgehead atoms. The first-order chi connectivity index (χ1) is 9.61. The molecule has 2 N–H and O–H groups in total. The van der Waals surface area contributed by atoms with Crippen molar-refractivity contribution in [3.8, 4) is 0 Å². The van der Waals surface area contributed by atoms with Crippen LogP contribution in [0.15, 0.2) is 18.2 Å². The third kappa shape index (κ3) is 3.89. The second-order valence-electron chi connectivity index (χ2n) is 6.29. The summed E-state index contributed by atoms with van der Waals surface area (Å²) in [6.45, 7) is 6.26. The summed E-state index contributed by atoms with van der Waals surface area (Å²) in [5.74, 6) is 0.729. The summed E-state index contributed by atoms with van der Waals surface area (Å²) in [5.41, 5.74) is 8.40. The summed E-state index contributed by atoms with van der Waals surface area (Å²) in [5, 5.41) is 0.782. The van der Waals surface area contributed by atoms with Crippen molar-refractivity contribution in [2.75, 3.05) is 11.4 Å². The van der Waals surface area contributed by atoms with Crippen molar-refractivity contribution < 1.29 is 0 Å². The molecule has 2 nitrogen and oxygen atoms in total. The van der Waals surface area contributed by atoms with Crippen LogP contribution in [0.1, 0.15) is 51.5 Å². The minimum Gasteiger partial charge on any atom is -0.368 e. The van der Waals surface area contributed by atoms with Crippen LogP contribution in [0.25, 0.3) is 0 Å². The minimum absolute atomic E-state index is 0.556. The van der Waals surface area contributed by atoms with Gasteiger partial charge in [0, 0.05) is 29.8 Å². The summed E-state index contributed by atoms with van der Waals surface area (Å²) >= 11 is 6.11. The van der Waals surface area contributed by atoms with Gasteiger partial charge in [0.25, 0.3) is 0 Å². The molecule has 112 valence electrons. The Morgan fingerprint density at radius 2 is 2.00 bits per heavy atom. The monoisotopic (exact) mass is 294 g/mol. The smallest absolute Gasteiger partial charge is 0.0415 e. The molecule has 1 saturated carbocycles. The summed E-state index contributed by atoms with van der Waals surface area (Å²) in [6.07, 6.45) is 6.56. The minimum atomic E-state index is 0.556. The molecular weight excluding hydrogens is 268 g/mol. The van der Waals surface area contributed by atoms with Crippen molar-refractivity contribution in [3.05, 3.63) is 28.8 Å². The van der Waals surface area contributed by atoms with E-state index in [0.717, 1.165) is 17.5 Å². The van der Waals surface area contributed by atoms with Crippen molar-refractivity contribution >= 4 is 17.3 Å². The molecule has 3 heteroatoms. The molecule has 0 radical (unpaired) electrons. The standard InChI is InChI=1S/C17H27ClN2/c1-13(2)9-10-20(16-5-3-4-6-16)17-8-7-15(18)11-14(17)12-19/h7-8,11,13,16H,3-6,9-10,12,19H2,1-2H3. The highest BCUT2D eigenvalue weighted by molar-refractivity contribution is 6.30. The van der Waals surface area contributed by atoms with Crippen LogP contribution in [-0.4, -0.2) is 12.6 Å². The maximum Gasteiger partial charge on any atom is 0.0415 e. The van der Waals surface area contributed by atoms with Crippen LogP contribution in [0.4, 0.5) is 5.69 Å². The largest absolute Gasteiger partial charge is 0.368 e. The molecule has 1 fully saturated rings. The Hall–Kier alpha value is -0.730. The second kappa shape index (κ2) is 7.33. The van der Waals surface area contributed by atoms with Gasteiger partial charge in [0.1, 0.15) is 0 Å². The van der Waals surface area contributed by atoms with E-state index in [9.17, 15) is 0 Å². The number of benzene rings is 1. The average molecular weight is 295 g/mol. The van der Waals surface area contributed by atoms with Crippen LogP contribution in [0.5, 0.6) is 0 Å². The molecule has 0 saturated heterocycles. The zero-order valence-corrected chi connectivity index (χ0v) is 13.5. The van der Waals surface area contributed by atoms with Gasteiger partial charge in [-0.1, -0.05) is 38.3 Å². The Morgan fingerprint density at radius 3 is 2.60 bits per heavy atom. The number of anilines is 1. The van der Waals surface area contributed by atoms with Gasteiger partial charge in [-0.2, -0.15) is 0 Å². The number of nitrogens with two attached hydrogens (primary N) is 1. The number of nitrogens with zero attached hydrogens (tertiary/aromatic N) is 1. The molecule has 0 aromatic heterocycles. The predicted octanol–water partition coefficient (Wildman–Crippen LogP) is 4.59. The van der Waals surface area contributed by atoms with Crippen molar-refractivity contribution in [1.29, 1.82) is 0 Å². The van der Waals surface area contributed by atoms with Crippen molar-refractivity contribution in [2.45, 2.75) is 58.5 Å². The molecule has 0 heterocycles. The van der Waals surface area contributed by atoms with E-state index in [1.165, 1.54) is 43.4 Å². The van der Waals surface area contributed by atoms with Crippen LogP contribution >= 0.6 is 11.6 Å². The number of rotatable bonds is 6. The number of hydrogen-bond acceptors (Lipinski definition) is 2. The average Bonchev–Trinajstić information content (AvgIpc) is 2.94. The van der Waals surface area contributed by atoms with E-state index >= 15 is 0 Å². The van der Waals surface area contributed by atoms with Crippen molar-refractivity contribution in [1.82, 2.24) is 0 Å². The zero-order chi connectivity index (χ0) is 14.5. The third-order valence-corrected chi connectivity index (χ3v) is 4.52. The van der Waals surface area contributed by atoms with Gasteiger partial charge in [0.05, 0.1) is 0 Å². The zero-order valence-electron chi connectivity index (χ0n) is 12.7. The van der Waals surface area contributed by atoms with Gasteiger partial charge >= 0.3 is 0 Å². The Kier molecular flexibility index (Phi) is 5.74. The van der Waals surface area contributed by atoms with Crippen molar-refractivity contribution in [2.24, 2.45) is 11.7 Å². The second-order valence-corrected chi connectivity index (χ2v) is 6.73. The summed E-state index contributed by atoms with van der Waals surface area (Å²) in [4.78, 5) is 2.59. The molecular formula is C17H27ClN2. The summed E-state index contributed by atoms with van der Waals surface area (Å²) in [6, 6.07) is 6.85. The summed E-state index contributed by atoms with van der Waals surface area (Å²) in [7, 11) is 0. The van der Waals surface area contributed by atoms with Crippen LogP contribution in [0.2, 0.25) is 5.02 Å². The van der Waals surface area contributed by atoms with Crippen LogP contribution in [-0.2, 0) is 6.54 Å². The fraction of sp³-hybridized carbons (Fsp3) is 0.647. The molecule has 0 aliphatic heterocycles. The molecule has 1 aliphatic rings. The van der Waals surface area contributed by atoms with E-state index in [1.807, 2.05) is 12.1 Å². The first-order valence-electron chi connectivity index (χ1n) is 7.87. The van der Waals surface area contributed by atoms with Gasteiger partial charge in [0.15, 0.2) is 0 Å². The van der Waals surface area contributed by atoms with Crippen LogP contribution in [0, 0.1) is 5.92 Å². The molecule has 1 aliphatic carbocycles. The SMILES string of the molecule is CC(C)CCN(c1ccc(Cl)cc1CN)C1CCCC1. The highest BCUT2D eigenvalue weighted by Gasteiger charge is 2.24. The first-order valence-corrected chi connectivity index (χ1v) is 8.24. The maximum atomic E-state index is 6.11. The van der Waals surface area contributed by atoms with Crippen LogP contribution < -0.4 is 10.6 Å². The fourth-order valence-electron chi connectivity index (χ4n) is 3.11. The van der Waals surface area contributed by atoms with Gasteiger partial charge < -0.3 is 10.6 Å². The quantitative estimate of drug-likeness (QED) is 0.831. The highest BCUT2D eigenvalue weighted by Crippen LogP contribution is 2.32. The molecule has 1 aromatic carbocycles. The Bertz CT molecular complexity index is 425. The fourth-order valence-corrected chi connectivity index (χ4v) is 3.31. The lowest BCUT2D eigenvalue weighted by Gasteiger charge is -2.33. The molecule has 1 aromatic rings. The van der Waals surface area contributed by atoms with E-state index in [-0.39, 0.29) is 0 Å². The first kappa shape index (κ1) is 15.7. The topological polar surface area (TPSA) is 29.3 Å². The molecule has 20 heavy (non-hydrogen) atoms. The van der Waals surface area contributed by atoms with Gasteiger partial charge in [0.2, 0.25) is 0 Å². The van der Waals surface area contributed by atoms with Gasteiger partial charge in [-0.15, -0.1) is 0 Å². The number of halogens is 1. The van der Waals surface area contributed by atoms with E-state index in [2.05, 4.69) is 24.8 Å². The Labute approximate surface area is 128 Å². The Balaban J connectivity index is 2.24. The predicted molar refractivity (Wildman–Crippen MR) is 88.4 cm³/mol. The van der Waals surface area contributed by atoms with E-state index in [1.54, 1.807) is 0 Å². The Morgan fingerprint density at radius 1 is 1.30 bits per heavy atom. The van der Waals surface area contributed by atoms with Crippen molar-refractivity contribution in [3.63, 3.8) is 0 Å². The molecule has 0 atom stereocenters. The summed E-state index contributed by atoms with van der Waals surface area (Å²) < 4.78 is 0. The molecule has 2 rings (SSSR count). The lowest BCUT2D eigenvalue weighted by Crippen LogP contribution is -2.35. The third-order valence-electron chi connectivity index (χ3n) is 4.28. The highest BCUT2D eigenvalue weighted by atomic mass is 35.5. The van der Waals surface area contributed by atoms with Gasteiger partial charge in [-0.05, 0) is 48.9 Å². The normalized spacial score (nSPS) is 16.1. The van der Waals surface area contributed by atoms with E-state index < -0.39 is 0 Å². The maximum absolute atomic E-state index is 6.11. The number of hydrogen-bond donors (Lipinski definition) is 1. The van der Waals surface area contributed by atoms with Gasteiger partial charge in [-0.25, -0.2) is 0 Å².